The van der Waals surface area contributed by atoms with E-state index in [1.165, 1.54) is 0 Å². The molecule has 5 nitrogen and oxygen atoms in total. The number of hydrogen-bond acceptors (Lipinski definition) is 3. The van der Waals surface area contributed by atoms with Crippen LogP contribution < -0.4 is 5.73 Å². The first-order valence-corrected chi connectivity index (χ1v) is 4.09. The quantitative estimate of drug-likeness (QED) is 0.681. The summed E-state index contributed by atoms with van der Waals surface area (Å²) in [7, 11) is 0. The number of nitrogens with one attached hydrogen (secondary N) is 1. The van der Waals surface area contributed by atoms with Crippen molar-refractivity contribution in [3.05, 3.63) is 11.6 Å². The number of nitrogens with two attached hydrogens (primary N) is 1. The van der Waals surface area contributed by atoms with Crippen LogP contribution in [0.15, 0.2) is 0 Å². The molecular formula is C8H14N4O. The number of nitrogens with zero attached hydrogens (tertiary/aromatic N) is 2. The van der Waals surface area contributed by atoms with Gasteiger partial charge in [-0.05, 0) is 0 Å². The summed E-state index contributed by atoms with van der Waals surface area (Å²) in [6.07, 6.45) is 0.114. The number of aromatic nitrogens is 3. The average molecular weight is 182 g/mol. The Morgan fingerprint density at radius 2 is 2.15 bits per heavy atom. The smallest absolute Gasteiger partial charge is 0.225 e. The first kappa shape index (κ1) is 9.70. The lowest BCUT2D eigenvalue weighted by Gasteiger charge is -2.11. The molecule has 5 heteroatoms. The van der Waals surface area contributed by atoms with Crippen LogP contribution in [0.3, 0.4) is 0 Å². The van der Waals surface area contributed by atoms with Gasteiger partial charge in [0.1, 0.15) is 5.82 Å². The van der Waals surface area contributed by atoms with Gasteiger partial charge in [0.05, 0.1) is 6.42 Å². The van der Waals surface area contributed by atoms with Crippen molar-refractivity contribution in [2.24, 2.45) is 5.73 Å². The molecule has 0 saturated carbocycles. The Morgan fingerprint density at radius 3 is 2.54 bits per heavy atom. The normalized spacial score (nSPS) is 11.6. The van der Waals surface area contributed by atoms with Crippen molar-refractivity contribution in [2.45, 2.75) is 32.6 Å². The molecular weight excluding hydrogens is 168 g/mol. The van der Waals surface area contributed by atoms with E-state index in [4.69, 9.17) is 5.73 Å². The first-order valence-electron chi connectivity index (χ1n) is 4.09. The molecule has 13 heavy (non-hydrogen) atoms. The fraction of sp³-hybridized carbons (Fsp3) is 0.625. The SMILES string of the molecule is CC(C)(C)c1n[nH]c(CC(N)=O)n1. The van der Waals surface area contributed by atoms with E-state index < -0.39 is 5.91 Å². The highest BCUT2D eigenvalue weighted by atomic mass is 16.1. The Kier molecular flexibility index (Phi) is 2.36. The molecule has 1 amide bonds. The molecule has 0 bridgehead atoms. The molecule has 1 rings (SSSR count). The van der Waals surface area contributed by atoms with Gasteiger partial charge in [0, 0.05) is 5.41 Å². The molecule has 1 aromatic heterocycles. The van der Waals surface area contributed by atoms with E-state index >= 15 is 0 Å². The standard InChI is InChI=1S/C8H14N4O/c1-8(2,3)7-10-6(11-12-7)4-5(9)13/h4H2,1-3H3,(H2,9,13)(H,10,11,12). The molecule has 0 aromatic carbocycles. The van der Waals surface area contributed by atoms with Crippen molar-refractivity contribution >= 4 is 5.91 Å². The molecule has 0 saturated heterocycles. The Bertz CT molecular complexity index is 310. The number of carbonyl (C=O) groups excluding carboxylic acids is 1. The maximum Gasteiger partial charge on any atom is 0.225 e. The molecule has 0 aliphatic carbocycles. The summed E-state index contributed by atoms with van der Waals surface area (Å²) in [4.78, 5) is 14.7. The summed E-state index contributed by atoms with van der Waals surface area (Å²) in [6, 6.07) is 0. The van der Waals surface area contributed by atoms with E-state index in [1.54, 1.807) is 0 Å². The molecule has 1 aromatic rings. The molecule has 0 spiro atoms. The van der Waals surface area contributed by atoms with Crippen molar-refractivity contribution in [3.8, 4) is 0 Å². The second-order valence-electron chi connectivity index (χ2n) is 4.00. The predicted molar refractivity (Wildman–Crippen MR) is 48.0 cm³/mol. The van der Waals surface area contributed by atoms with Gasteiger partial charge in [-0.15, -0.1) is 0 Å². The van der Waals surface area contributed by atoms with Crippen LogP contribution in [0.4, 0.5) is 0 Å². The maximum atomic E-state index is 10.6. The average Bonchev–Trinajstić information content (AvgIpc) is 2.32. The number of H-pyrrole nitrogens is 1. The minimum Gasteiger partial charge on any atom is -0.369 e. The van der Waals surface area contributed by atoms with E-state index in [2.05, 4.69) is 15.2 Å². The van der Waals surface area contributed by atoms with E-state index in [1.807, 2.05) is 20.8 Å². The molecule has 0 fully saturated rings. The summed E-state index contributed by atoms with van der Waals surface area (Å²) in [5.74, 6) is 0.817. The van der Waals surface area contributed by atoms with E-state index in [-0.39, 0.29) is 11.8 Å². The van der Waals surface area contributed by atoms with Crippen molar-refractivity contribution in [2.75, 3.05) is 0 Å². The van der Waals surface area contributed by atoms with Crippen LogP contribution in [0.2, 0.25) is 0 Å². The number of aromatic amines is 1. The van der Waals surface area contributed by atoms with Crippen molar-refractivity contribution in [1.82, 2.24) is 15.2 Å². The van der Waals surface area contributed by atoms with Crippen LogP contribution >= 0.6 is 0 Å². The number of carbonyl (C=O) groups is 1. The number of hydrogen-bond donors (Lipinski definition) is 2. The predicted octanol–water partition coefficient (Wildman–Crippen LogP) is 0.130. The van der Waals surface area contributed by atoms with E-state index in [0.29, 0.717) is 11.6 Å². The van der Waals surface area contributed by atoms with Gasteiger partial charge in [-0.25, -0.2) is 4.98 Å². The molecule has 3 N–H and O–H groups in total. The molecule has 0 radical (unpaired) electrons. The van der Waals surface area contributed by atoms with Crippen LogP contribution in [0.5, 0.6) is 0 Å². The minimum atomic E-state index is -0.406. The summed E-state index contributed by atoms with van der Waals surface area (Å²) >= 11 is 0. The third-order valence-electron chi connectivity index (χ3n) is 1.54. The van der Waals surface area contributed by atoms with Crippen LogP contribution in [0.25, 0.3) is 0 Å². The summed E-state index contributed by atoms with van der Waals surface area (Å²) in [5.41, 5.74) is 4.91. The van der Waals surface area contributed by atoms with Gasteiger partial charge >= 0.3 is 0 Å². The summed E-state index contributed by atoms with van der Waals surface area (Å²) < 4.78 is 0. The highest BCUT2D eigenvalue weighted by molar-refractivity contribution is 5.75. The van der Waals surface area contributed by atoms with Gasteiger partial charge in [-0.1, -0.05) is 20.8 Å². The van der Waals surface area contributed by atoms with E-state index in [9.17, 15) is 4.79 Å². The lowest BCUT2D eigenvalue weighted by atomic mass is 9.96. The van der Waals surface area contributed by atoms with Crippen molar-refractivity contribution < 1.29 is 4.79 Å². The molecule has 72 valence electrons. The zero-order valence-electron chi connectivity index (χ0n) is 8.09. The van der Waals surface area contributed by atoms with Gasteiger partial charge in [0.25, 0.3) is 0 Å². The van der Waals surface area contributed by atoms with Gasteiger partial charge in [-0.2, -0.15) is 5.10 Å². The van der Waals surface area contributed by atoms with Gasteiger partial charge < -0.3 is 5.73 Å². The van der Waals surface area contributed by atoms with Gasteiger partial charge in [-0.3, -0.25) is 9.89 Å². The zero-order valence-corrected chi connectivity index (χ0v) is 8.09. The highest BCUT2D eigenvalue weighted by Gasteiger charge is 2.19. The summed E-state index contributed by atoms with van der Waals surface area (Å²) in [6.45, 7) is 6.01. The molecule has 1 heterocycles. The topological polar surface area (TPSA) is 84.7 Å². The maximum absolute atomic E-state index is 10.6. The highest BCUT2D eigenvalue weighted by Crippen LogP contribution is 2.17. The molecule has 0 aliphatic heterocycles. The molecule has 0 unspecified atom stereocenters. The van der Waals surface area contributed by atoms with Crippen LogP contribution in [0.1, 0.15) is 32.4 Å². The Balaban J connectivity index is 2.81. The summed E-state index contributed by atoms with van der Waals surface area (Å²) in [5, 5.41) is 6.68. The first-order chi connectivity index (χ1) is 5.89. The second-order valence-corrected chi connectivity index (χ2v) is 4.00. The van der Waals surface area contributed by atoms with Crippen LogP contribution in [-0.4, -0.2) is 21.1 Å². The fourth-order valence-corrected chi connectivity index (χ4v) is 0.875. The Morgan fingerprint density at radius 1 is 1.54 bits per heavy atom. The number of primary amides is 1. The number of amides is 1. The largest absolute Gasteiger partial charge is 0.369 e. The van der Waals surface area contributed by atoms with E-state index in [0.717, 1.165) is 0 Å². The lowest BCUT2D eigenvalue weighted by molar-refractivity contribution is -0.117. The third-order valence-corrected chi connectivity index (χ3v) is 1.54. The monoisotopic (exact) mass is 182 g/mol. The molecule has 0 aliphatic rings. The van der Waals surface area contributed by atoms with Crippen molar-refractivity contribution in [3.63, 3.8) is 0 Å². The van der Waals surface area contributed by atoms with Gasteiger partial charge in [0.2, 0.25) is 5.91 Å². The van der Waals surface area contributed by atoms with Gasteiger partial charge in [0.15, 0.2) is 5.82 Å². The molecule has 0 atom stereocenters. The lowest BCUT2D eigenvalue weighted by Crippen LogP contribution is -2.16. The minimum absolute atomic E-state index is 0.105. The fourth-order valence-electron chi connectivity index (χ4n) is 0.875. The Labute approximate surface area is 76.7 Å². The second kappa shape index (κ2) is 3.16. The van der Waals surface area contributed by atoms with Crippen LogP contribution in [0, 0.1) is 0 Å². The number of rotatable bonds is 2. The third kappa shape index (κ3) is 2.54. The zero-order chi connectivity index (χ0) is 10.1. The van der Waals surface area contributed by atoms with Crippen LogP contribution in [-0.2, 0) is 16.6 Å². The van der Waals surface area contributed by atoms with Crippen molar-refractivity contribution in [1.29, 1.82) is 0 Å². The Hall–Kier alpha value is -1.39.